The van der Waals surface area contributed by atoms with Crippen molar-refractivity contribution in [3.05, 3.63) is 109 Å². The van der Waals surface area contributed by atoms with Crippen molar-refractivity contribution < 1.29 is 15.0 Å². The summed E-state index contributed by atoms with van der Waals surface area (Å²) in [5, 5.41) is 23.1. The number of carbonyl (C=O) groups excluding carboxylic acids is 1. The first kappa shape index (κ1) is 65.0. The van der Waals surface area contributed by atoms with Crippen molar-refractivity contribution in [3.8, 4) is 0 Å². The molecular weight excluding hydrogens is 831 g/mol. The highest BCUT2D eigenvalue weighted by molar-refractivity contribution is 5.76. The molecule has 0 heterocycles. The van der Waals surface area contributed by atoms with Crippen molar-refractivity contribution in [2.45, 2.75) is 283 Å². The minimum Gasteiger partial charge on any atom is -0.394 e. The van der Waals surface area contributed by atoms with Crippen molar-refractivity contribution in [1.29, 1.82) is 0 Å². The zero-order valence-corrected chi connectivity index (χ0v) is 44.8. The summed E-state index contributed by atoms with van der Waals surface area (Å²) in [5.74, 6) is -0.0758. The van der Waals surface area contributed by atoms with E-state index in [4.69, 9.17) is 0 Å². The van der Waals surface area contributed by atoms with Gasteiger partial charge in [-0.15, -0.1) is 0 Å². The minimum atomic E-state index is -0.868. The van der Waals surface area contributed by atoms with Gasteiger partial charge in [0.05, 0.1) is 18.8 Å². The van der Waals surface area contributed by atoms with Gasteiger partial charge in [0.15, 0.2) is 0 Å². The van der Waals surface area contributed by atoms with Gasteiger partial charge >= 0.3 is 0 Å². The van der Waals surface area contributed by atoms with Crippen LogP contribution in [0.3, 0.4) is 0 Å². The van der Waals surface area contributed by atoms with E-state index in [0.717, 1.165) is 77.0 Å². The number of aliphatic hydroxyl groups is 2. The van der Waals surface area contributed by atoms with Crippen LogP contribution in [0, 0.1) is 0 Å². The molecule has 4 heteroatoms. The Hall–Kier alpha value is -2.95. The molecule has 3 N–H and O–H groups in total. The summed E-state index contributed by atoms with van der Waals surface area (Å²) >= 11 is 0. The van der Waals surface area contributed by atoms with Crippen LogP contribution in [-0.2, 0) is 4.79 Å². The molecule has 0 aliphatic carbocycles. The Bertz CT molecular complexity index is 1300. The zero-order valence-electron chi connectivity index (χ0n) is 44.8. The van der Waals surface area contributed by atoms with Crippen LogP contribution in [0.25, 0.3) is 0 Å². The molecule has 0 aliphatic rings. The molecule has 0 saturated heterocycles. The van der Waals surface area contributed by atoms with Crippen LogP contribution in [0.1, 0.15) is 271 Å². The van der Waals surface area contributed by atoms with Crippen molar-refractivity contribution in [3.63, 3.8) is 0 Å². The van der Waals surface area contributed by atoms with Crippen molar-refractivity contribution in [2.24, 2.45) is 0 Å². The zero-order chi connectivity index (χ0) is 49.2. The molecule has 0 aromatic rings. The maximum absolute atomic E-state index is 12.5. The number of allylic oxidation sites excluding steroid dienone is 17. The molecule has 0 aliphatic heterocycles. The van der Waals surface area contributed by atoms with Gasteiger partial charge in [-0.3, -0.25) is 4.79 Å². The van der Waals surface area contributed by atoms with Gasteiger partial charge in [-0.2, -0.15) is 0 Å². The fourth-order valence-corrected chi connectivity index (χ4v) is 8.35. The lowest BCUT2D eigenvalue weighted by Gasteiger charge is -2.19. The number of rotatable bonds is 52. The predicted octanol–water partition coefficient (Wildman–Crippen LogP) is 19.5. The molecular formula is C64H111NO3. The van der Waals surface area contributed by atoms with Gasteiger partial charge in [0.25, 0.3) is 0 Å². The van der Waals surface area contributed by atoms with Crippen molar-refractivity contribution >= 4 is 5.91 Å². The normalized spacial score (nSPS) is 13.6. The van der Waals surface area contributed by atoms with Crippen LogP contribution in [0.5, 0.6) is 0 Å². The lowest BCUT2D eigenvalue weighted by Crippen LogP contribution is -2.45. The van der Waals surface area contributed by atoms with Crippen LogP contribution in [-0.4, -0.2) is 34.9 Å². The van der Waals surface area contributed by atoms with Gasteiger partial charge in [-0.05, 0) is 89.9 Å². The molecule has 0 bridgehead atoms. The molecule has 0 saturated carbocycles. The van der Waals surface area contributed by atoms with E-state index in [1.165, 1.54) is 173 Å². The van der Waals surface area contributed by atoms with Gasteiger partial charge in [0.1, 0.15) is 0 Å². The molecule has 0 radical (unpaired) electrons. The van der Waals surface area contributed by atoms with Crippen LogP contribution >= 0.6 is 0 Å². The fraction of sp³-hybridized carbons (Fsp3) is 0.703. The van der Waals surface area contributed by atoms with Crippen molar-refractivity contribution in [2.75, 3.05) is 6.61 Å². The van der Waals surface area contributed by atoms with Crippen LogP contribution in [0.2, 0.25) is 0 Å². The van der Waals surface area contributed by atoms with Gasteiger partial charge in [-0.1, -0.05) is 284 Å². The lowest BCUT2D eigenvalue weighted by molar-refractivity contribution is -0.123. The molecule has 0 spiro atoms. The number of hydrogen-bond donors (Lipinski definition) is 3. The highest BCUT2D eigenvalue weighted by Crippen LogP contribution is 2.16. The number of unbranched alkanes of at least 4 members (excludes halogenated alkanes) is 29. The maximum atomic E-state index is 12.5. The standard InChI is InChI=1S/C64H111NO3/c1-3-5-7-9-11-13-15-17-19-21-23-24-25-26-27-28-29-30-31-32-33-34-35-36-37-38-39-40-42-44-46-48-50-52-54-56-58-60-64(68)65-62(61-66)63(67)59-57-55-53-51-49-47-45-43-41-22-20-18-16-14-12-10-8-6-4-2/h5,7,11,13,17,19,23-24,26-27,29-30,32-33,49,51,57,59,62-63,66-67H,3-4,6,8-10,12,14-16,18,20-22,25,28,31,34-48,50,52-56,58,60-61H2,1-2H3,(H,65,68)/b7-5-,13-11-,19-17-,24-23-,27-26-,30-29-,33-32-,51-49+,59-57+. The van der Waals surface area contributed by atoms with E-state index in [1.807, 2.05) is 6.08 Å². The Morgan fingerprint density at radius 3 is 1.03 bits per heavy atom. The average Bonchev–Trinajstić information content (AvgIpc) is 3.34. The molecule has 2 unspecified atom stereocenters. The molecule has 68 heavy (non-hydrogen) atoms. The van der Waals surface area contributed by atoms with Crippen molar-refractivity contribution in [1.82, 2.24) is 5.32 Å². The van der Waals surface area contributed by atoms with E-state index in [0.29, 0.717) is 6.42 Å². The number of carbonyl (C=O) groups is 1. The summed E-state index contributed by atoms with van der Waals surface area (Å²) in [6, 6.07) is -0.645. The minimum absolute atomic E-state index is 0.0758. The quantitative estimate of drug-likeness (QED) is 0.0420. The van der Waals surface area contributed by atoms with Gasteiger partial charge in [0, 0.05) is 6.42 Å². The number of nitrogens with one attached hydrogen (secondary N) is 1. The van der Waals surface area contributed by atoms with Crippen LogP contribution in [0.4, 0.5) is 0 Å². The van der Waals surface area contributed by atoms with Gasteiger partial charge in [-0.25, -0.2) is 0 Å². The first-order chi connectivity index (χ1) is 33.7. The molecule has 0 aromatic heterocycles. The van der Waals surface area contributed by atoms with Gasteiger partial charge < -0.3 is 15.5 Å². The molecule has 0 fully saturated rings. The number of hydrogen-bond acceptors (Lipinski definition) is 3. The SMILES string of the molecule is CC/C=C\C/C=C\C/C=C\C/C=C\C/C=C\C/C=C\C/C=C\CCCCCCCCCCCCCCCCCC(=O)NC(CO)C(O)/C=C/CC/C=C/CCCCCCCCCCCCCCC. The van der Waals surface area contributed by atoms with E-state index in [1.54, 1.807) is 6.08 Å². The molecule has 1 amide bonds. The van der Waals surface area contributed by atoms with E-state index in [9.17, 15) is 15.0 Å². The number of amides is 1. The summed E-state index contributed by atoms with van der Waals surface area (Å²) in [6.07, 6.45) is 88.2. The summed E-state index contributed by atoms with van der Waals surface area (Å²) in [7, 11) is 0. The Balaban J connectivity index is 3.55. The summed E-state index contributed by atoms with van der Waals surface area (Å²) in [5.41, 5.74) is 0. The molecule has 0 aromatic carbocycles. The first-order valence-electron chi connectivity index (χ1n) is 29.1. The van der Waals surface area contributed by atoms with E-state index in [2.05, 4.69) is 116 Å². The first-order valence-corrected chi connectivity index (χ1v) is 29.1. The Morgan fingerprint density at radius 2 is 0.662 bits per heavy atom. The third-order valence-corrected chi connectivity index (χ3v) is 12.7. The summed E-state index contributed by atoms with van der Waals surface area (Å²) < 4.78 is 0. The van der Waals surface area contributed by atoms with E-state index < -0.39 is 12.1 Å². The number of aliphatic hydroxyl groups excluding tert-OH is 2. The predicted molar refractivity (Wildman–Crippen MR) is 303 cm³/mol. The highest BCUT2D eigenvalue weighted by atomic mass is 16.3. The monoisotopic (exact) mass is 942 g/mol. The second kappa shape index (κ2) is 58.4. The highest BCUT2D eigenvalue weighted by Gasteiger charge is 2.18. The average molecular weight is 943 g/mol. The van der Waals surface area contributed by atoms with E-state index >= 15 is 0 Å². The summed E-state index contributed by atoms with van der Waals surface area (Å²) in [6.45, 7) is 4.19. The molecule has 2 atom stereocenters. The molecule has 4 nitrogen and oxygen atoms in total. The maximum Gasteiger partial charge on any atom is 0.220 e. The third kappa shape index (κ3) is 54.0. The largest absolute Gasteiger partial charge is 0.394 e. The molecule has 0 rings (SSSR count). The smallest absolute Gasteiger partial charge is 0.220 e. The third-order valence-electron chi connectivity index (χ3n) is 12.7. The van der Waals surface area contributed by atoms with Crippen LogP contribution < -0.4 is 5.32 Å². The Kier molecular flexibility index (Phi) is 55.8. The summed E-state index contributed by atoms with van der Waals surface area (Å²) in [4.78, 5) is 12.5. The van der Waals surface area contributed by atoms with E-state index in [-0.39, 0.29) is 12.5 Å². The fourth-order valence-electron chi connectivity index (χ4n) is 8.35. The lowest BCUT2D eigenvalue weighted by atomic mass is 10.0. The second-order valence-electron chi connectivity index (χ2n) is 19.3. The molecule has 390 valence electrons. The van der Waals surface area contributed by atoms with Crippen LogP contribution in [0.15, 0.2) is 109 Å². The van der Waals surface area contributed by atoms with Gasteiger partial charge in [0.2, 0.25) is 5.91 Å². The Labute approximate surface area is 423 Å². The Morgan fingerprint density at radius 1 is 0.368 bits per heavy atom. The second-order valence-corrected chi connectivity index (χ2v) is 19.3. The topological polar surface area (TPSA) is 69.6 Å².